The molecule has 1 heterocycles. The smallest absolute Gasteiger partial charge is 0.339 e. The summed E-state index contributed by atoms with van der Waals surface area (Å²) < 4.78 is 5.71. The zero-order valence-corrected chi connectivity index (χ0v) is 17.7. The number of rotatable bonds is 11. The fraction of sp³-hybridized carbons (Fsp3) is 0.708. The van der Waals surface area contributed by atoms with Gasteiger partial charge in [-0.3, -0.25) is 4.98 Å². The van der Waals surface area contributed by atoms with E-state index >= 15 is 0 Å². The first-order valence-corrected chi connectivity index (χ1v) is 11.2. The number of aryl methyl sites for hydroxylation is 1. The number of esters is 1. The van der Waals surface area contributed by atoms with Crippen LogP contribution in [0.15, 0.2) is 18.3 Å². The van der Waals surface area contributed by atoms with Crippen molar-refractivity contribution in [1.82, 2.24) is 4.98 Å². The molecule has 0 bridgehead atoms. The second kappa shape index (κ2) is 11.8. The maximum atomic E-state index is 12.4. The van der Waals surface area contributed by atoms with E-state index in [-0.39, 0.29) is 17.5 Å². The lowest BCUT2D eigenvalue weighted by Gasteiger charge is -2.34. The van der Waals surface area contributed by atoms with Crippen molar-refractivity contribution < 1.29 is 9.53 Å². The molecule has 0 unspecified atom stereocenters. The minimum Gasteiger partial charge on any atom is -0.459 e. The van der Waals surface area contributed by atoms with E-state index in [0.29, 0.717) is 5.56 Å². The van der Waals surface area contributed by atoms with Gasteiger partial charge in [0.25, 0.3) is 0 Å². The van der Waals surface area contributed by atoms with Gasteiger partial charge in [0.1, 0.15) is 6.10 Å². The summed E-state index contributed by atoms with van der Waals surface area (Å²) in [5.74, 6) is -0.288. The third-order valence-corrected chi connectivity index (χ3v) is 6.01. The van der Waals surface area contributed by atoms with Gasteiger partial charge in [-0.05, 0) is 57.1 Å². The predicted octanol–water partition coefficient (Wildman–Crippen LogP) is 6.39. The molecular formula is C24H36N2O2. The monoisotopic (exact) mass is 384 g/mol. The number of aromatic nitrogens is 1. The Morgan fingerprint density at radius 2 is 1.86 bits per heavy atom. The average Bonchev–Trinajstić information content (AvgIpc) is 2.74. The third kappa shape index (κ3) is 6.93. The predicted molar refractivity (Wildman–Crippen MR) is 112 cm³/mol. The van der Waals surface area contributed by atoms with Crippen molar-refractivity contribution in [3.63, 3.8) is 0 Å². The topological polar surface area (TPSA) is 63.0 Å². The fourth-order valence-corrected chi connectivity index (χ4v) is 4.02. The van der Waals surface area contributed by atoms with Gasteiger partial charge in [-0.15, -0.1) is 0 Å². The highest BCUT2D eigenvalue weighted by molar-refractivity contribution is 5.89. The second-order valence-corrected chi connectivity index (χ2v) is 8.30. The Morgan fingerprint density at radius 3 is 2.46 bits per heavy atom. The van der Waals surface area contributed by atoms with Gasteiger partial charge >= 0.3 is 5.97 Å². The molecule has 2 rings (SSSR count). The first kappa shape index (κ1) is 22.4. The van der Waals surface area contributed by atoms with E-state index in [2.05, 4.69) is 24.9 Å². The quantitative estimate of drug-likeness (QED) is 0.327. The summed E-state index contributed by atoms with van der Waals surface area (Å²) >= 11 is 0. The summed E-state index contributed by atoms with van der Waals surface area (Å²) in [6, 6.07) is 6.33. The molecule has 0 radical (unpaired) electrons. The molecule has 1 aromatic rings. The molecule has 4 nitrogen and oxygen atoms in total. The number of unbranched alkanes of at least 4 members (excludes halogenated alkanes) is 5. The van der Waals surface area contributed by atoms with E-state index in [1.54, 1.807) is 6.20 Å². The molecule has 0 amide bonds. The Hall–Kier alpha value is -1.89. The third-order valence-electron chi connectivity index (χ3n) is 6.01. The molecule has 1 fully saturated rings. The summed E-state index contributed by atoms with van der Waals surface area (Å²) in [7, 11) is 0. The summed E-state index contributed by atoms with van der Waals surface area (Å²) in [4.78, 5) is 16.8. The van der Waals surface area contributed by atoms with Gasteiger partial charge < -0.3 is 4.74 Å². The lowest BCUT2D eigenvalue weighted by atomic mass is 9.71. The number of pyridine rings is 1. The van der Waals surface area contributed by atoms with Crippen LogP contribution < -0.4 is 0 Å². The van der Waals surface area contributed by atoms with Crippen molar-refractivity contribution in [1.29, 1.82) is 5.26 Å². The number of ether oxygens (including phenoxy) is 1. The minimum absolute atomic E-state index is 0.0752. The summed E-state index contributed by atoms with van der Waals surface area (Å²) in [6.07, 6.45) is 15.1. The molecule has 4 heteroatoms. The Kier molecular flexibility index (Phi) is 9.47. The zero-order valence-electron chi connectivity index (χ0n) is 17.7. The molecule has 0 aromatic carbocycles. The highest BCUT2D eigenvalue weighted by atomic mass is 16.5. The van der Waals surface area contributed by atoms with Crippen LogP contribution in [0.25, 0.3) is 0 Å². The van der Waals surface area contributed by atoms with Crippen LogP contribution in [0.4, 0.5) is 0 Å². The summed E-state index contributed by atoms with van der Waals surface area (Å²) in [5, 5.41) is 9.71. The van der Waals surface area contributed by atoms with Crippen LogP contribution in [0, 0.1) is 16.7 Å². The van der Waals surface area contributed by atoms with Crippen molar-refractivity contribution in [3.8, 4) is 6.07 Å². The molecule has 0 spiro atoms. The van der Waals surface area contributed by atoms with E-state index in [9.17, 15) is 10.1 Å². The van der Waals surface area contributed by atoms with Gasteiger partial charge in [0.05, 0.1) is 17.0 Å². The Morgan fingerprint density at radius 1 is 1.14 bits per heavy atom. The number of carbonyl (C=O) groups is 1. The van der Waals surface area contributed by atoms with Gasteiger partial charge in [-0.2, -0.15) is 5.26 Å². The molecule has 0 atom stereocenters. The molecule has 0 N–H and O–H groups in total. The molecule has 0 aliphatic heterocycles. The first-order valence-electron chi connectivity index (χ1n) is 11.2. The van der Waals surface area contributed by atoms with Crippen LogP contribution in [0.5, 0.6) is 0 Å². The molecular weight excluding hydrogens is 348 g/mol. The maximum Gasteiger partial charge on any atom is 0.339 e. The molecule has 1 aromatic heterocycles. The lowest BCUT2D eigenvalue weighted by molar-refractivity contribution is 0.0104. The Balaban J connectivity index is 1.77. The summed E-state index contributed by atoms with van der Waals surface area (Å²) in [5.41, 5.74) is 1.33. The molecule has 28 heavy (non-hydrogen) atoms. The molecule has 0 saturated heterocycles. The standard InChI is InChI=1S/C24H36N2O2/c1-3-5-7-8-9-15-24(19-25)16-13-22(14-17-24)28-23(27)20-11-12-21(26-18-20)10-6-4-2/h11-12,18,22H,3-10,13-17H2,1-2H3. The lowest BCUT2D eigenvalue weighted by Crippen LogP contribution is -2.31. The molecule has 1 saturated carbocycles. The molecule has 1 aliphatic rings. The first-order chi connectivity index (χ1) is 13.6. The number of nitrogens with zero attached hydrogens (tertiary/aromatic N) is 2. The van der Waals surface area contributed by atoms with E-state index in [1.165, 1.54) is 25.7 Å². The molecule has 154 valence electrons. The van der Waals surface area contributed by atoms with E-state index in [0.717, 1.165) is 63.5 Å². The number of hydrogen-bond acceptors (Lipinski definition) is 4. The van der Waals surface area contributed by atoms with Crippen LogP contribution in [-0.2, 0) is 11.2 Å². The van der Waals surface area contributed by atoms with Gasteiger partial charge in [-0.25, -0.2) is 4.79 Å². The average molecular weight is 385 g/mol. The fourth-order valence-electron chi connectivity index (χ4n) is 4.02. The van der Waals surface area contributed by atoms with Crippen LogP contribution in [-0.4, -0.2) is 17.1 Å². The van der Waals surface area contributed by atoms with E-state index in [4.69, 9.17) is 4.74 Å². The number of carbonyl (C=O) groups excluding carboxylic acids is 1. The van der Waals surface area contributed by atoms with Crippen molar-refractivity contribution in [3.05, 3.63) is 29.6 Å². The van der Waals surface area contributed by atoms with Gasteiger partial charge in [0, 0.05) is 11.9 Å². The number of hydrogen-bond donors (Lipinski definition) is 0. The van der Waals surface area contributed by atoms with Crippen molar-refractivity contribution in [2.24, 2.45) is 5.41 Å². The Labute approximate surface area is 170 Å². The zero-order chi connectivity index (χ0) is 20.2. The van der Waals surface area contributed by atoms with Crippen LogP contribution in [0.2, 0.25) is 0 Å². The van der Waals surface area contributed by atoms with E-state index < -0.39 is 0 Å². The van der Waals surface area contributed by atoms with Crippen LogP contribution in [0.1, 0.15) is 107 Å². The Bertz CT molecular complexity index is 625. The second-order valence-electron chi connectivity index (χ2n) is 8.30. The van der Waals surface area contributed by atoms with Gasteiger partial charge in [0.2, 0.25) is 0 Å². The number of nitriles is 1. The largest absolute Gasteiger partial charge is 0.459 e. The molecule has 1 aliphatic carbocycles. The minimum atomic E-state index is -0.288. The van der Waals surface area contributed by atoms with Crippen LogP contribution >= 0.6 is 0 Å². The van der Waals surface area contributed by atoms with Crippen molar-refractivity contribution in [2.75, 3.05) is 0 Å². The van der Waals surface area contributed by atoms with Crippen molar-refractivity contribution >= 4 is 5.97 Å². The highest BCUT2D eigenvalue weighted by Gasteiger charge is 2.36. The normalized spacial score (nSPS) is 21.8. The SMILES string of the molecule is CCCCCCCC1(C#N)CCC(OC(=O)c2ccc(CCCC)nc2)CC1. The summed E-state index contributed by atoms with van der Waals surface area (Å²) in [6.45, 7) is 4.37. The van der Waals surface area contributed by atoms with Crippen LogP contribution in [0.3, 0.4) is 0 Å². The maximum absolute atomic E-state index is 12.4. The van der Waals surface area contributed by atoms with Gasteiger partial charge in [0.15, 0.2) is 0 Å². The van der Waals surface area contributed by atoms with Gasteiger partial charge in [-0.1, -0.05) is 52.4 Å². The van der Waals surface area contributed by atoms with E-state index in [1.807, 2.05) is 12.1 Å². The van der Waals surface area contributed by atoms with Crippen molar-refractivity contribution in [2.45, 2.75) is 103 Å². The highest BCUT2D eigenvalue weighted by Crippen LogP contribution is 2.41.